The van der Waals surface area contributed by atoms with Gasteiger partial charge in [0.25, 0.3) is 0 Å². The number of rotatable bonds is 4. The average Bonchev–Trinajstić information content (AvgIpc) is 2.67. The first kappa shape index (κ1) is 16.9. The summed E-state index contributed by atoms with van der Waals surface area (Å²) in [5, 5.41) is 0. The molecule has 1 aliphatic rings. The van der Waals surface area contributed by atoms with Crippen molar-refractivity contribution < 1.29 is 4.74 Å². The SMILES string of the molecule is COc1ccc(N2C(=Nc3ccc(Br)cc3)CC2c2ccccc2)cc1. The average molecular weight is 407 g/mol. The Labute approximate surface area is 162 Å². The summed E-state index contributed by atoms with van der Waals surface area (Å²) in [6, 6.07) is 27.1. The van der Waals surface area contributed by atoms with Crippen molar-refractivity contribution in [3.05, 3.63) is 88.9 Å². The molecular weight excluding hydrogens is 388 g/mol. The lowest BCUT2D eigenvalue weighted by atomic mass is 9.92. The maximum Gasteiger partial charge on any atom is 0.119 e. The summed E-state index contributed by atoms with van der Waals surface area (Å²) in [6.07, 6.45) is 0.923. The second-order valence-electron chi connectivity index (χ2n) is 6.20. The van der Waals surface area contributed by atoms with Crippen molar-refractivity contribution in [1.29, 1.82) is 0 Å². The van der Waals surface area contributed by atoms with E-state index in [4.69, 9.17) is 9.73 Å². The molecule has 0 bridgehead atoms. The van der Waals surface area contributed by atoms with E-state index in [1.165, 1.54) is 5.56 Å². The van der Waals surface area contributed by atoms with Gasteiger partial charge in [0, 0.05) is 16.6 Å². The number of anilines is 1. The van der Waals surface area contributed by atoms with Gasteiger partial charge in [-0.1, -0.05) is 46.3 Å². The molecule has 26 heavy (non-hydrogen) atoms. The Kier molecular flexibility index (Phi) is 4.76. The molecule has 4 rings (SSSR count). The van der Waals surface area contributed by atoms with Gasteiger partial charge in [-0.05, 0) is 54.1 Å². The zero-order chi connectivity index (χ0) is 17.9. The van der Waals surface area contributed by atoms with Gasteiger partial charge in [0.1, 0.15) is 11.6 Å². The fourth-order valence-electron chi connectivity index (χ4n) is 3.21. The van der Waals surface area contributed by atoms with Crippen molar-refractivity contribution in [3.8, 4) is 5.75 Å². The third-order valence-corrected chi connectivity index (χ3v) is 5.11. The summed E-state index contributed by atoms with van der Waals surface area (Å²) in [7, 11) is 1.69. The lowest BCUT2D eigenvalue weighted by Gasteiger charge is -2.44. The van der Waals surface area contributed by atoms with Crippen molar-refractivity contribution in [2.45, 2.75) is 12.5 Å². The fourth-order valence-corrected chi connectivity index (χ4v) is 3.47. The zero-order valence-electron chi connectivity index (χ0n) is 14.5. The van der Waals surface area contributed by atoms with E-state index in [2.05, 4.69) is 63.3 Å². The number of ether oxygens (including phenoxy) is 1. The van der Waals surface area contributed by atoms with Crippen LogP contribution in [0.3, 0.4) is 0 Å². The minimum atomic E-state index is 0.304. The number of hydrogen-bond acceptors (Lipinski definition) is 2. The standard InChI is InChI=1S/C22H19BrN2O/c1-26-20-13-11-19(12-14-20)25-21(16-5-3-2-4-6-16)15-22(25)24-18-9-7-17(23)8-10-18/h2-14,21H,15H2,1H3. The Balaban J connectivity index is 1.69. The van der Waals surface area contributed by atoms with Crippen molar-refractivity contribution >= 4 is 33.1 Å². The molecule has 0 N–H and O–H groups in total. The van der Waals surface area contributed by atoms with Crippen LogP contribution in [-0.4, -0.2) is 12.9 Å². The number of methoxy groups -OCH3 is 1. The Morgan fingerprint density at radius 2 is 1.62 bits per heavy atom. The molecule has 0 saturated carbocycles. The van der Waals surface area contributed by atoms with Gasteiger partial charge >= 0.3 is 0 Å². The molecular formula is C22H19BrN2O. The van der Waals surface area contributed by atoms with Crippen LogP contribution in [0.1, 0.15) is 18.0 Å². The fraction of sp³-hybridized carbons (Fsp3) is 0.136. The van der Waals surface area contributed by atoms with Gasteiger partial charge in [-0.3, -0.25) is 0 Å². The van der Waals surface area contributed by atoms with Crippen LogP contribution in [0.15, 0.2) is 88.3 Å². The van der Waals surface area contributed by atoms with Gasteiger partial charge < -0.3 is 9.64 Å². The van der Waals surface area contributed by atoms with E-state index < -0.39 is 0 Å². The first-order valence-electron chi connectivity index (χ1n) is 8.56. The Morgan fingerprint density at radius 1 is 0.923 bits per heavy atom. The van der Waals surface area contributed by atoms with Crippen LogP contribution in [-0.2, 0) is 0 Å². The predicted molar refractivity (Wildman–Crippen MR) is 111 cm³/mol. The van der Waals surface area contributed by atoms with Crippen LogP contribution in [0.4, 0.5) is 11.4 Å². The highest BCUT2D eigenvalue weighted by Crippen LogP contribution is 2.41. The number of hydrogen-bond donors (Lipinski definition) is 0. The van der Waals surface area contributed by atoms with Crippen LogP contribution in [0.2, 0.25) is 0 Å². The summed E-state index contributed by atoms with van der Waals surface area (Å²) in [4.78, 5) is 7.17. The van der Waals surface area contributed by atoms with Gasteiger partial charge in [0.15, 0.2) is 0 Å². The summed E-state index contributed by atoms with van der Waals surface area (Å²) in [5.41, 5.74) is 3.40. The minimum absolute atomic E-state index is 0.304. The first-order valence-corrected chi connectivity index (χ1v) is 9.35. The second-order valence-corrected chi connectivity index (χ2v) is 7.12. The molecule has 1 saturated heterocycles. The molecule has 1 atom stereocenters. The van der Waals surface area contributed by atoms with E-state index in [1.807, 2.05) is 36.4 Å². The molecule has 3 nitrogen and oxygen atoms in total. The quantitative estimate of drug-likeness (QED) is 0.519. The largest absolute Gasteiger partial charge is 0.497 e. The van der Waals surface area contributed by atoms with Crippen LogP contribution in [0.25, 0.3) is 0 Å². The third-order valence-electron chi connectivity index (χ3n) is 4.59. The number of nitrogens with zero attached hydrogens (tertiary/aromatic N) is 2. The van der Waals surface area contributed by atoms with Gasteiger partial charge in [-0.2, -0.15) is 0 Å². The first-order chi connectivity index (χ1) is 12.7. The molecule has 0 aromatic heterocycles. The molecule has 0 aliphatic carbocycles. The maximum absolute atomic E-state index is 5.29. The van der Waals surface area contributed by atoms with Crippen LogP contribution in [0, 0.1) is 0 Å². The van der Waals surface area contributed by atoms with Gasteiger partial charge in [0.05, 0.1) is 18.8 Å². The van der Waals surface area contributed by atoms with Crippen molar-refractivity contribution in [3.63, 3.8) is 0 Å². The van der Waals surface area contributed by atoms with Gasteiger partial charge in [0.2, 0.25) is 0 Å². The summed E-state index contributed by atoms with van der Waals surface area (Å²) < 4.78 is 6.35. The van der Waals surface area contributed by atoms with E-state index in [-0.39, 0.29) is 0 Å². The van der Waals surface area contributed by atoms with E-state index >= 15 is 0 Å². The Morgan fingerprint density at radius 3 is 2.27 bits per heavy atom. The number of amidine groups is 1. The molecule has 3 aromatic rings. The van der Waals surface area contributed by atoms with E-state index in [0.717, 1.165) is 33.9 Å². The van der Waals surface area contributed by atoms with Crippen molar-refractivity contribution in [1.82, 2.24) is 0 Å². The lowest BCUT2D eigenvalue weighted by molar-refractivity contribution is 0.415. The molecule has 3 aromatic carbocycles. The van der Waals surface area contributed by atoms with E-state index in [1.54, 1.807) is 7.11 Å². The zero-order valence-corrected chi connectivity index (χ0v) is 16.1. The summed E-state index contributed by atoms with van der Waals surface area (Å²) in [6.45, 7) is 0. The normalized spacial score (nSPS) is 17.8. The Bertz CT molecular complexity index is 905. The van der Waals surface area contributed by atoms with Crippen LogP contribution >= 0.6 is 15.9 Å². The van der Waals surface area contributed by atoms with Crippen LogP contribution < -0.4 is 9.64 Å². The number of halogens is 1. The molecule has 4 heteroatoms. The molecule has 1 aliphatic heterocycles. The van der Waals surface area contributed by atoms with Gasteiger partial charge in [-0.25, -0.2) is 4.99 Å². The van der Waals surface area contributed by atoms with E-state index in [0.29, 0.717) is 6.04 Å². The molecule has 0 amide bonds. The molecule has 1 heterocycles. The molecule has 0 radical (unpaired) electrons. The minimum Gasteiger partial charge on any atom is -0.497 e. The highest BCUT2D eigenvalue weighted by Gasteiger charge is 2.36. The van der Waals surface area contributed by atoms with Gasteiger partial charge in [-0.15, -0.1) is 0 Å². The van der Waals surface area contributed by atoms with Crippen LogP contribution in [0.5, 0.6) is 5.75 Å². The summed E-state index contributed by atoms with van der Waals surface area (Å²) >= 11 is 3.47. The highest BCUT2D eigenvalue weighted by molar-refractivity contribution is 9.10. The second kappa shape index (κ2) is 7.34. The third kappa shape index (κ3) is 3.37. The molecule has 1 fully saturated rings. The monoisotopic (exact) mass is 406 g/mol. The molecule has 0 spiro atoms. The maximum atomic E-state index is 5.29. The molecule has 1 unspecified atom stereocenters. The topological polar surface area (TPSA) is 24.8 Å². The van der Waals surface area contributed by atoms with E-state index in [9.17, 15) is 0 Å². The lowest BCUT2D eigenvalue weighted by Crippen LogP contribution is -2.46. The molecule has 130 valence electrons. The smallest absolute Gasteiger partial charge is 0.119 e. The highest BCUT2D eigenvalue weighted by atomic mass is 79.9. The Hall–Kier alpha value is -2.59. The number of aliphatic imine (C=N–C) groups is 1. The summed E-state index contributed by atoms with van der Waals surface area (Å²) in [5.74, 6) is 1.93. The predicted octanol–water partition coefficient (Wildman–Crippen LogP) is 6.14. The number of benzene rings is 3. The van der Waals surface area contributed by atoms with Crippen molar-refractivity contribution in [2.24, 2.45) is 4.99 Å². The van der Waals surface area contributed by atoms with Crippen molar-refractivity contribution in [2.75, 3.05) is 12.0 Å².